The molecule has 0 spiro atoms. The first kappa shape index (κ1) is 12.8. The van der Waals surface area contributed by atoms with E-state index < -0.39 is 5.41 Å². The maximum Gasteiger partial charge on any atom is 0.229 e. The van der Waals surface area contributed by atoms with Gasteiger partial charge in [0.1, 0.15) is 0 Å². The summed E-state index contributed by atoms with van der Waals surface area (Å²) in [5, 5.41) is 0. The van der Waals surface area contributed by atoms with E-state index >= 15 is 0 Å². The highest BCUT2D eigenvalue weighted by Crippen LogP contribution is 2.32. The van der Waals surface area contributed by atoms with Gasteiger partial charge in [-0.3, -0.25) is 4.79 Å². The number of carbonyl (C=O) groups is 1. The minimum absolute atomic E-state index is 0.217. The highest BCUT2D eigenvalue weighted by Gasteiger charge is 2.40. The molecule has 1 saturated heterocycles. The van der Waals surface area contributed by atoms with Gasteiger partial charge in [0.05, 0.1) is 12.0 Å². The third-order valence-corrected chi connectivity index (χ3v) is 3.82. The largest absolute Gasteiger partial charge is 0.381 e. The average Bonchev–Trinajstić information content (AvgIpc) is 3.03. The smallest absolute Gasteiger partial charge is 0.229 e. The standard InChI is InChI=1S/C13H24N2O2/c1-13(2,9-14)12(16)15(11-3-4-11)7-10-5-6-17-8-10/h10-11H,3-9,14H2,1-2H3. The third-order valence-electron chi connectivity index (χ3n) is 3.82. The molecule has 2 aliphatic rings. The zero-order chi connectivity index (χ0) is 12.5. The maximum absolute atomic E-state index is 12.5. The molecule has 2 fully saturated rings. The van der Waals surface area contributed by atoms with Gasteiger partial charge in [-0.2, -0.15) is 0 Å². The van der Waals surface area contributed by atoms with Gasteiger partial charge < -0.3 is 15.4 Å². The Morgan fingerprint density at radius 2 is 2.12 bits per heavy atom. The monoisotopic (exact) mass is 240 g/mol. The van der Waals surface area contributed by atoms with E-state index in [0.717, 1.165) is 39.0 Å². The van der Waals surface area contributed by atoms with Crippen LogP contribution < -0.4 is 5.73 Å². The Morgan fingerprint density at radius 3 is 2.59 bits per heavy atom. The van der Waals surface area contributed by atoms with Gasteiger partial charge in [-0.15, -0.1) is 0 Å². The third kappa shape index (κ3) is 2.99. The van der Waals surface area contributed by atoms with Crippen LogP contribution in [0.1, 0.15) is 33.1 Å². The molecule has 17 heavy (non-hydrogen) atoms. The molecule has 1 aliphatic carbocycles. The van der Waals surface area contributed by atoms with E-state index in [1.807, 2.05) is 13.8 Å². The first-order chi connectivity index (χ1) is 8.04. The van der Waals surface area contributed by atoms with Crippen LogP contribution in [0.25, 0.3) is 0 Å². The van der Waals surface area contributed by atoms with Gasteiger partial charge in [-0.25, -0.2) is 0 Å². The Labute approximate surface area is 103 Å². The fourth-order valence-electron chi connectivity index (χ4n) is 2.27. The molecule has 0 aromatic heterocycles. The van der Waals surface area contributed by atoms with Crippen LogP contribution in [0.4, 0.5) is 0 Å². The number of ether oxygens (including phenoxy) is 1. The lowest BCUT2D eigenvalue weighted by molar-refractivity contribution is -0.141. The minimum atomic E-state index is -0.429. The molecule has 2 N–H and O–H groups in total. The van der Waals surface area contributed by atoms with E-state index in [0.29, 0.717) is 18.5 Å². The van der Waals surface area contributed by atoms with E-state index in [1.165, 1.54) is 0 Å². The summed E-state index contributed by atoms with van der Waals surface area (Å²) >= 11 is 0. The van der Waals surface area contributed by atoms with Crippen molar-refractivity contribution in [3.8, 4) is 0 Å². The molecular formula is C13H24N2O2. The molecule has 1 heterocycles. The van der Waals surface area contributed by atoms with Crippen LogP contribution in [0.2, 0.25) is 0 Å². The van der Waals surface area contributed by atoms with E-state index in [9.17, 15) is 4.79 Å². The van der Waals surface area contributed by atoms with Crippen LogP contribution in [0.5, 0.6) is 0 Å². The molecule has 1 amide bonds. The summed E-state index contributed by atoms with van der Waals surface area (Å²) in [4.78, 5) is 14.5. The Kier molecular flexibility index (Phi) is 3.73. The number of amides is 1. The van der Waals surface area contributed by atoms with Crippen molar-refractivity contribution < 1.29 is 9.53 Å². The number of nitrogens with two attached hydrogens (primary N) is 1. The number of hydrogen-bond acceptors (Lipinski definition) is 3. The lowest BCUT2D eigenvalue weighted by Gasteiger charge is -2.32. The van der Waals surface area contributed by atoms with Crippen LogP contribution in [0.3, 0.4) is 0 Å². The van der Waals surface area contributed by atoms with Crippen LogP contribution in [-0.2, 0) is 9.53 Å². The van der Waals surface area contributed by atoms with Gasteiger partial charge in [0.2, 0.25) is 5.91 Å². The lowest BCUT2D eigenvalue weighted by atomic mass is 9.91. The highest BCUT2D eigenvalue weighted by atomic mass is 16.5. The van der Waals surface area contributed by atoms with Gasteiger partial charge in [0.25, 0.3) is 0 Å². The second-order valence-electron chi connectivity index (χ2n) is 6.01. The molecule has 0 aromatic rings. The number of nitrogens with zero attached hydrogens (tertiary/aromatic N) is 1. The van der Waals surface area contributed by atoms with Gasteiger partial charge in [-0.1, -0.05) is 0 Å². The van der Waals surface area contributed by atoms with Crippen molar-refractivity contribution in [2.45, 2.75) is 39.2 Å². The Bertz CT molecular complexity index is 281. The second-order valence-corrected chi connectivity index (χ2v) is 6.01. The summed E-state index contributed by atoms with van der Waals surface area (Å²) in [5.74, 6) is 0.738. The van der Waals surface area contributed by atoms with Crippen LogP contribution in [0.15, 0.2) is 0 Å². The molecule has 0 bridgehead atoms. The number of rotatable bonds is 5. The van der Waals surface area contributed by atoms with Crippen LogP contribution in [0, 0.1) is 11.3 Å². The van der Waals surface area contributed by atoms with Crippen molar-refractivity contribution in [1.82, 2.24) is 4.90 Å². The first-order valence-electron chi connectivity index (χ1n) is 6.63. The topological polar surface area (TPSA) is 55.6 Å². The SMILES string of the molecule is CC(C)(CN)C(=O)N(CC1CCOC1)C1CC1. The summed E-state index contributed by atoms with van der Waals surface area (Å²) in [7, 11) is 0. The molecule has 4 nitrogen and oxygen atoms in total. The van der Waals surface area contributed by atoms with Crippen molar-refractivity contribution in [2.75, 3.05) is 26.3 Å². The molecule has 4 heteroatoms. The lowest BCUT2D eigenvalue weighted by Crippen LogP contribution is -2.47. The Morgan fingerprint density at radius 1 is 1.41 bits per heavy atom. The van der Waals surface area contributed by atoms with Crippen LogP contribution in [-0.4, -0.2) is 43.2 Å². The minimum Gasteiger partial charge on any atom is -0.381 e. The van der Waals surface area contributed by atoms with E-state index in [2.05, 4.69) is 4.90 Å². The van der Waals surface area contributed by atoms with Gasteiger partial charge in [0.15, 0.2) is 0 Å². The molecule has 1 unspecified atom stereocenters. The highest BCUT2D eigenvalue weighted by molar-refractivity contribution is 5.82. The van der Waals surface area contributed by atoms with Crippen molar-refractivity contribution in [3.05, 3.63) is 0 Å². The summed E-state index contributed by atoms with van der Waals surface area (Å²) in [6.45, 7) is 6.80. The maximum atomic E-state index is 12.5. The predicted molar refractivity (Wildman–Crippen MR) is 66.5 cm³/mol. The second kappa shape index (κ2) is 4.94. The summed E-state index contributed by atoms with van der Waals surface area (Å²) in [6.07, 6.45) is 3.39. The van der Waals surface area contributed by atoms with Crippen molar-refractivity contribution in [2.24, 2.45) is 17.1 Å². The summed E-state index contributed by atoms with van der Waals surface area (Å²) < 4.78 is 5.39. The normalized spacial score (nSPS) is 25.0. The zero-order valence-electron chi connectivity index (χ0n) is 10.9. The van der Waals surface area contributed by atoms with Crippen molar-refractivity contribution in [1.29, 1.82) is 0 Å². The number of carbonyl (C=O) groups excluding carboxylic acids is 1. The molecule has 1 atom stereocenters. The zero-order valence-corrected chi connectivity index (χ0v) is 10.9. The molecule has 0 radical (unpaired) electrons. The average molecular weight is 240 g/mol. The quantitative estimate of drug-likeness (QED) is 0.780. The summed E-state index contributed by atoms with van der Waals surface area (Å²) in [6, 6.07) is 0.467. The molecule has 98 valence electrons. The van der Waals surface area contributed by atoms with Gasteiger partial charge in [0, 0.05) is 31.7 Å². The fourth-order valence-corrected chi connectivity index (χ4v) is 2.27. The van der Waals surface area contributed by atoms with E-state index in [-0.39, 0.29) is 5.91 Å². The van der Waals surface area contributed by atoms with Gasteiger partial charge in [-0.05, 0) is 33.1 Å². The van der Waals surface area contributed by atoms with Gasteiger partial charge >= 0.3 is 0 Å². The van der Waals surface area contributed by atoms with E-state index in [4.69, 9.17) is 10.5 Å². The Hall–Kier alpha value is -0.610. The molecular weight excluding hydrogens is 216 g/mol. The van der Waals surface area contributed by atoms with Crippen molar-refractivity contribution in [3.63, 3.8) is 0 Å². The fraction of sp³-hybridized carbons (Fsp3) is 0.923. The summed E-state index contributed by atoms with van der Waals surface area (Å²) in [5.41, 5.74) is 5.27. The van der Waals surface area contributed by atoms with Crippen molar-refractivity contribution >= 4 is 5.91 Å². The van der Waals surface area contributed by atoms with E-state index in [1.54, 1.807) is 0 Å². The molecule has 0 aromatic carbocycles. The number of hydrogen-bond donors (Lipinski definition) is 1. The Balaban J connectivity index is 1.98. The molecule has 1 aliphatic heterocycles. The first-order valence-corrected chi connectivity index (χ1v) is 6.63. The van der Waals surface area contributed by atoms with Crippen LogP contribution >= 0.6 is 0 Å². The molecule has 1 saturated carbocycles. The predicted octanol–water partition coefficient (Wildman–Crippen LogP) is 0.999. The molecule has 2 rings (SSSR count).